The number of carbonyl (C=O) groups excluding carboxylic acids is 1. The van der Waals surface area contributed by atoms with Crippen LogP contribution in [0.25, 0.3) is 6.08 Å². The van der Waals surface area contributed by atoms with E-state index < -0.39 is 12.5 Å². The minimum Gasteiger partial charge on any atom is -0.490 e. The molecule has 1 aromatic carbocycles. The summed E-state index contributed by atoms with van der Waals surface area (Å²) in [6.45, 7) is -0.166. The van der Waals surface area contributed by atoms with Gasteiger partial charge in [0.25, 0.3) is 5.91 Å². The fourth-order valence-electron chi connectivity index (χ4n) is 1.90. The van der Waals surface area contributed by atoms with Crippen LogP contribution in [0.1, 0.15) is 18.9 Å². The van der Waals surface area contributed by atoms with Gasteiger partial charge in [0.15, 0.2) is 11.5 Å². The van der Waals surface area contributed by atoms with Crippen LogP contribution in [-0.4, -0.2) is 39.4 Å². The Morgan fingerprint density at radius 2 is 2.16 bits per heavy atom. The molecule has 0 unspecified atom stereocenters. The SMILES string of the molecule is CCOc1cc(/C=C(\C#N)C(=O)NCCCOC)ccc1OC(F)F. The van der Waals surface area contributed by atoms with Gasteiger partial charge in [0.05, 0.1) is 6.61 Å². The largest absolute Gasteiger partial charge is 0.490 e. The summed E-state index contributed by atoms with van der Waals surface area (Å²) in [7, 11) is 1.56. The molecule has 0 bridgehead atoms. The number of hydrogen-bond donors (Lipinski definition) is 1. The summed E-state index contributed by atoms with van der Waals surface area (Å²) in [6.07, 6.45) is 1.97. The number of amides is 1. The second-order valence-corrected chi connectivity index (χ2v) is 4.79. The molecule has 136 valence electrons. The average molecular weight is 354 g/mol. The van der Waals surface area contributed by atoms with Gasteiger partial charge < -0.3 is 19.5 Å². The van der Waals surface area contributed by atoms with Crippen molar-refractivity contribution < 1.29 is 27.8 Å². The van der Waals surface area contributed by atoms with E-state index in [2.05, 4.69) is 10.1 Å². The second kappa shape index (κ2) is 11.0. The lowest BCUT2D eigenvalue weighted by Gasteiger charge is -2.12. The normalized spacial score (nSPS) is 11.1. The molecule has 0 aliphatic rings. The Labute approximate surface area is 145 Å². The standard InChI is InChI=1S/C17H20F2N2O4/c1-3-24-15-10-12(5-6-14(15)25-17(18)19)9-13(11-20)16(22)21-7-4-8-23-2/h5-6,9-10,17H,3-4,7-8H2,1-2H3,(H,21,22)/b13-9+. The summed E-state index contributed by atoms with van der Waals surface area (Å²) in [4.78, 5) is 12.0. The minimum absolute atomic E-state index is 0.106. The van der Waals surface area contributed by atoms with Crippen LogP contribution in [0, 0.1) is 11.3 Å². The van der Waals surface area contributed by atoms with E-state index in [1.54, 1.807) is 14.0 Å². The van der Waals surface area contributed by atoms with Crippen LogP contribution < -0.4 is 14.8 Å². The molecule has 0 fully saturated rings. The zero-order chi connectivity index (χ0) is 18.7. The van der Waals surface area contributed by atoms with Crippen molar-refractivity contribution in [3.63, 3.8) is 0 Å². The number of nitrogens with zero attached hydrogens (tertiary/aromatic N) is 1. The van der Waals surface area contributed by atoms with Gasteiger partial charge >= 0.3 is 6.61 Å². The van der Waals surface area contributed by atoms with E-state index in [4.69, 9.17) is 14.7 Å². The smallest absolute Gasteiger partial charge is 0.387 e. The van der Waals surface area contributed by atoms with Crippen LogP contribution in [0.4, 0.5) is 8.78 Å². The third-order valence-electron chi connectivity index (χ3n) is 2.97. The Hall–Kier alpha value is -2.66. The number of rotatable bonds is 10. The summed E-state index contributed by atoms with van der Waals surface area (Å²) in [6, 6.07) is 6.00. The van der Waals surface area contributed by atoms with E-state index in [1.165, 1.54) is 24.3 Å². The van der Waals surface area contributed by atoms with Gasteiger partial charge in [-0.3, -0.25) is 4.79 Å². The summed E-state index contributed by atoms with van der Waals surface area (Å²) in [5, 5.41) is 11.7. The Bertz CT molecular complexity index is 642. The maximum atomic E-state index is 12.4. The van der Waals surface area contributed by atoms with Crippen LogP contribution in [0.2, 0.25) is 0 Å². The highest BCUT2D eigenvalue weighted by Gasteiger charge is 2.13. The molecule has 8 heteroatoms. The highest BCUT2D eigenvalue weighted by molar-refractivity contribution is 6.01. The van der Waals surface area contributed by atoms with Gasteiger partial charge in [0, 0.05) is 20.3 Å². The molecule has 0 spiro atoms. The quantitative estimate of drug-likeness (QED) is 0.397. The molecule has 1 aromatic rings. The third-order valence-corrected chi connectivity index (χ3v) is 2.97. The Morgan fingerprint density at radius 1 is 1.40 bits per heavy atom. The number of nitrogens with one attached hydrogen (secondary N) is 1. The molecule has 1 amide bonds. The summed E-state index contributed by atoms with van der Waals surface area (Å²) in [5.74, 6) is -0.532. The number of methoxy groups -OCH3 is 1. The predicted octanol–water partition coefficient (Wildman–Crippen LogP) is 2.75. The summed E-state index contributed by atoms with van der Waals surface area (Å²) in [5.41, 5.74) is 0.344. The molecule has 6 nitrogen and oxygen atoms in total. The van der Waals surface area contributed by atoms with Gasteiger partial charge in [-0.1, -0.05) is 6.07 Å². The van der Waals surface area contributed by atoms with Crippen LogP contribution in [0.5, 0.6) is 11.5 Å². The molecule has 0 heterocycles. The van der Waals surface area contributed by atoms with Crippen molar-refractivity contribution in [2.24, 2.45) is 0 Å². The molecular weight excluding hydrogens is 334 g/mol. The maximum Gasteiger partial charge on any atom is 0.387 e. The molecule has 0 aliphatic carbocycles. The van der Waals surface area contributed by atoms with Crippen molar-refractivity contribution >= 4 is 12.0 Å². The number of ether oxygens (including phenoxy) is 3. The highest BCUT2D eigenvalue weighted by atomic mass is 19.3. The minimum atomic E-state index is -2.98. The molecule has 1 N–H and O–H groups in total. The number of nitriles is 1. The van der Waals surface area contributed by atoms with E-state index in [1.807, 2.05) is 6.07 Å². The lowest BCUT2D eigenvalue weighted by molar-refractivity contribution is -0.117. The third kappa shape index (κ3) is 7.18. The molecule has 0 saturated heterocycles. The molecule has 0 saturated carbocycles. The number of benzene rings is 1. The van der Waals surface area contributed by atoms with Crippen molar-refractivity contribution in [1.29, 1.82) is 5.26 Å². The topological polar surface area (TPSA) is 80.6 Å². The summed E-state index contributed by atoms with van der Waals surface area (Å²) >= 11 is 0. The van der Waals surface area contributed by atoms with Crippen molar-refractivity contribution in [2.45, 2.75) is 20.0 Å². The predicted molar refractivity (Wildman–Crippen MR) is 87.3 cm³/mol. The molecule has 0 aromatic heterocycles. The molecule has 0 aliphatic heterocycles. The first-order valence-corrected chi connectivity index (χ1v) is 7.62. The van der Waals surface area contributed by atoms with E-state index in [0.717, 1.165) is 0 Å². The zero-order valence-electron chi connectivity index (χ0n) is 14.1. The Kier molecular flexibility index (Phi) is 8.96. The number of carbonyl (C=O) groups is 1. The van der Waals surface area contributed by atoms with Gasteiger partial charge in [-0.05, 0) is 37.1 Å². The van der Waals surface area contributed by atoms with Crippen molar-refractivity contribution in [2.75, 3.05) is 26.9 Å². The first-order valence-electron chi connectivity index (χ1n) is 7.62. The number of halogens is 2. The van der Waals surface area contributed by atoms with E-state index in [-0.39, 0.29) is 23.7 Å². The van der Waals surface area contributed by atoms with Crippen molar-refractivity contribution in [3.05, 3.63) is 29.3 Å². The molecule has 0 atom stereocenters. The van der Waals surface area contributed by atoms with Gasteiger partial charge in [0.1, 0.15) is 11.6 Å². The molecular formula is C17H20F2N2O4. The molecule has 1 rings (SSSR count). The van der Waals surface area contributed by atoms with E-state index >= 15 is 0 Å². The first-order chi connectivity index (χ1) is 12.0. The highest BCUT2D eigenvalue weighted by Crippen LogP contribution is 2.30. The van der Waals surface area contributed by atoms with E-state index in [9.17, 15) is 13.6 Å². The maximum absolute atomic E-state index is 12.4. The van der Waals surface area contributed by atoms with Crippen LogP contribution >= 0.6 is 0 Å². The molecule has 25 heavy (non-hydrogen) atoms. The lowest BCUT2D eigenvalue weighted by Crippen LogP contribution is -2.26. The van der Waals surface area contributed by atoms with Crippen LogP contribution in [-0.2, 0) is 9.53 Å². The van der Waals surface area contributed by atoms with Gasteiger partial charge in [-0.25, -0.2) is 0 Å². The second-order valence-electron chi connectivity index (χ2n) is 4.79. The van der Waals surface area contributed by atoms with Gasteiger partial charge in [-0.15, -0.1) is 0 Å². The number of alkyl halides is 2. The van der Waals surface area contributed by atoms with Gasteiger partial charge in [0.2, 0.25) is 0 Å². The van der Waals surface area contributed by atoms with Gasteiger partial charge in [-0.2, -0.15) is 14.0 Å². The first kappa shape index (κ1) is 20.4. The zero-order valence-corrected chi connectivity index (χ0v) is 14.1. The monoisotopic (exact) mass is 354 g/mol. The lowest BCUT2D eigenvalue weighted by atomic mass is 10.1. The fourth-order valence-corrected chi connectivity index (χ4v) is 1.90. The van der Waals surface area contributed by atoms with Crippen molar-refractivity contribution in [1.82, 2.24) is 5.32 Å². The Morgan fingerprint density at radius 3 is 2.76 bits per heavy atom. The summed E-state index contributed by atoms with van der Waals surface area (Å²) < 4.78 is 39.3. The Balaban J connectivity index is 2.93. The fraction of sp³-hybridized carbons (Fsp3) is 0.412. The molecule has 0 radical (unpaired) electrons. The van der Waals surface area contributed by atoms with Crippen molar-refractivity contribution in [3.8, 4) is 17.6 Å². The van der Waals surface area contributed by atoms with Crippen LogP contribution in [0.15, 0.2) is 23.8 Å². The van der Waals surface area contributed by atoms with E-state index in [0.29, 0.717) is 25.1 Å². The van der Waals surface area contributed by atoms with Crippen LogP contribution in [0.3, 0.4) is 0 Å². The number of hydrogen-bond acceptors (Lipinski definition) is 5. The average Bonchev–Trinajstić information content (AvgIpc) is 2.58.